The zero-order chi connectivity index (χ0) is 17.7. The standard InChI is InChI=1S/C16H16N2O6/c1-22-11-5-7-14(23-2)12(9-11)17-16(19)10-4-6-15(24-3)13(8-10)18(20)21/h4-9H,1-3H3,(H,17,19). The quantitative estimate of drug-likeness (QED) is 0.645. The van der Waals surface area contributed by atoms with Crippen LogP contribution in [0.4, 0.5) is 11.4 Å². The maximum absolute atomic E-state index is 12.4. The van der Waals surface area contributed by atoms with Crippen molar-refractivity contribution in [1.29, 1.82) is 0 Å². The van der Waals surface area contributed by atoms with Crippen molar-refractivity contribution < 1.29 is 23.9 Å². The third-order valence-electron chi connectivity index (χ3n) is 3.29. The van der Waals surface area contributed by atoms with E-state index in [-0.39, 0.29) is 17.0 Å². The first kappa shape index (κ1) is 17.1. The highest BCUT2D eigenvalue weighted by Gasteiger charge is 2.19. The highest BCUT2D eigenvalue weighted by atomic mass is 16.6. The van der Waals surface area contributed by atoms with E-state index in [4.69, 9.17) is 14.2 Å². The van der Waals surface area contributed by atoms with E-state index in [1.165, 1.54) is 33.5 Å². The molecule has 0 atom stereocenters. The molecule has 0 heterocycles. The van der Waals surface area contributed by atoms with Crippen molar-refractivity contribution in [2.45, 2.75) is 0 Å². The lowest BCUT2D eigenvalue weighted by Crippen LogP contribution is -2.13. The fourth-order valence-electron chi connectivity index (χ4n) is 2.08. The maximum atomic E-state index is 12.4. The van der Waals surface area contributed by atoms with Crippen molar-refractivity contribution in [2.75, 3.05) is 26.6 Å². The number of hydrogen-bond acceptors (Lipinski definition) is 6. The first-order valence-corrected chi connectivity index (χ1v) is 6.86. The zero-order valence-corrected chi connectivity index (χ0v) is 13.4. The molecule has 0 saturated heterocycles. The summed E-state index contributed by atoms with van der Waals surface area (Å²) in [7, 11) is 4.29. The Bertz CT molecular complexity index is 775. The maximum Gasteiger partial charge on any atom is 0.311 e. The molecule has 0 bridgehead atoms. The number of methoxy groups -OCH3 is 3. The molecule has 24 heavy (non-hydrogen) atoms. The van der Waals surface area contributed by atoms with Gasteiger partial charge in [0.05, 0.1) is 31.9 Å². The van der Waals surface area contributed by atoms with Gasteiger partial charge in [-0.3, -0.25) is 14.9 Å². The molecule has 8 nitrogen and oxygen atoms in total. The van der Waals surface area contributed by atoms with Crippen LogP contribution in [0.15, 0.2) is 36.4 Å². The van der Waals surface area contributed by atoms with Gasteiger partial charge in [0, 0.05) is 17.7 Å². The summed E-state index contributed by atoms with van der Waals surface area (Å²) in [5.41, 5.74) is 0.218. The van der Waals surface area contributed by atoms with Gasteiger partial charge in [-0.15, -0.1) is 0 Å². The van der Waals surface area contributed by atoms with Crippen LogP contribution >= 0.6 is 0 Å². The number of hydrogen-bond donors (Lipinski definition) is 1. The lowest BCUT2D eigenvalue weighted by atomic mass is 10.1. The molecule has 0 unspecified atom stereocenters. The fraction of sp³-hybridized carbons (Fsp3) is 0.188. The molecule has 1 N–H and O–H groups in total. The van der Waals surface area contributed by atoms with Gasteiger partial charge in [-0.25, -0.2) is 0 Å². The second kappa shape index (κ2) is 7.32. The first-order valence-electron chi connectivity index (χ1n) is 6.86. The second-order valence-corrected chi connectivity index (χ2v) is 4.66. The van der Waals surface area contributed by atoms with E-state index in [1.807, 2.05) is 0 Å². The van der Waals surface area contributed by atoms with Crippen LogP contribution in [0.1, 0.15) is 10.4 Å². The van der Waals surface area contributed by atoms with Gasteiger partial charge in [0.2, 0.25) is 0 Å². The van der Waals surface area contributed by atoms with Crippen molar-refractivity contribution in [2.24, 2.45) is 0 Å². The van der Waals surface area contributed by atoms with Crippen molar-refractivity contribution in [1.82, 2.24) is 0 Å². The van der Waals surface area contributed by atoms with E-state index in [2.05, 4.69) is 5.32 Å². The van der Waals surface area contributed by atoms with Gasteiger partial charge in [-0.1, -0.05) is 0 Å². The van der Waals surface area contributed by atoms with E-state index < -0.39 is 10.8 Å². The molecule has 0 aromatic heterocycles. The lowest BCUT2D eigenvalue weighted by Gasteiger charge is -2.12. The summed E-state index contributed by atoms with van der Waals surface area (Å²) in [6.45, 7) is 0. The van der Waals surface area contributed by atoms with Crippen molar-refractivity contribution in [3.05, 3.63) is 52.1 Å². The van der Waals surface area contributed by atoms with Crippen LogP contribution in [0.3, 0.4) is 0 Å². The summed E-state index contributed by atoms with van der Waals surface area (Å²) < 4.78 is 15.2. The highest BCUT2D eigenvalue weighted by Crippen LogP contribution is 2.31. The third kappa shape index (κ3) is 3.54. The van der Waals surface area contributed by atoms with Crippen molar-refractivity contribution in [3.63, 3.8) is 0 Å². The molecule has 2 aromatic rings. The van der Waals surface area contributed by atoms with Crippen molar-refractivity contribution >= 4 is 17.3 Å². The Morgan fingerprint density at radius 1 is 1.00 bits per heavy atom. The smallest absolute Gasteiger partial charge is 0.311 e. The molecule has 126 valence electrons. The number of nitro groups is 1. The number of benzene rings is 2. The van der Waals surface area contributed by atoms with E-state index in [1.54, 1.807) is 18.2 Å². The average Bonchev–Trinajstić information content (AvgIpc) is 2.60. The van der Waals surface area contributed by atoms with Crippen LogP contribution in [0, 0.1) is 10.1 Å². The largest absolute Gasteiger partial charge is 0.497 e. The number of nitrogens with one attached hydrogen (secondary N) is 1. The number of rotatable bonds is 6. The number of anilines is 1. The van der Waals surface area contributed by atoms with E-state index >= 15 is 0 Å². The molecule has 0 saturated carbocycles. The minimum Gasteiger partial charge on any atom is -0.497 e. The van der Waals surface area contributed by atoms with Crippen LogP contribution in [0.2, 0.25) is 0 Å². The minimum absolute atomic E-state index is 0.0792. The molecule has 0 radical (unpaired) electrons. The summed E-state index contributed by atoms with van der Waals surface area (Å²) in [5, 5.41) is 13.7. The number of nitrogens with zero attached hydrogens (tertiary/aromatic N) is 1. The topological polar surface area (TPSA) is 99.9 Å². The molecular weight excluding hydrogens is 316 g/mol. The zero-order valence-electron chi connectivity index (χ0n) is 13.4. The van der Waals surface area contributed by atoms with Gasteiger partial charge in [-0.05, 0) is 24.3 Å². The molecule has 2 aromatic carbocycles. The van der Waals surface area contributed by atoms with Gasteiger partial charge in [0.15, 0.2) is 5.75 Å². The van der Waals surface area contributed by atoms with Crippen LogP contribution < -0.4 is 19.5 Å². The molecule has 0 fully saturated rings. The number of carbonyl (C=O) groups is 1. The predicted octanol–water partition coefficient (Wildman–Crippen LogP) is 2.87. The predicted molar refractivity (Wildman–Crippen MR) is 87.1 cm³/mol. The first-order chi connectivity index (χ1) is 11.5. The Balaban J connectivity index is 2.33. The van der Waals surface area contributed by atoms with Crippen LogP contribution in [0.25, 0.3) is 0 Å². The molecule has 0 spiro atoms. The third-order valence-corrected chi connectivity index (χ3v) is 3.29. The number of amides is 1. The van der Waals surface area contributed by atoms with Gasteiger partial charge < -0.3 is 19.5 Å². The van der Waals surface area contributed by atoms with Crippen LogP contribution in [-0.4, -0.2) is 32.2 Å². The molecule has 0 aliphatic heterocycles. The number of ether oxygens (including phenoxy) is 3. The summed E-state index contributed by atoms with van der Waals surface area (Å²) in [6, 6.07) is 8.89. The monoisotopic (exact) mass is 332 g/mol. The van der Waals surface area contributed by atoms with E-state index in [9.17, 15) is 14.9 Å². The van der Waals surface area contributed by atoms with E-state index in [0.29, 0.717) is 17.2 Å². The molecule has 0 aliphatic rings. The Hall–Kier alpha value is -3.29. The number of carbonyl (C=O) groups excluding carboxylic acids is 1. The average molecular weight is 332 g/mol. The Kier molecular flexibility index (Phi) is 5.20. The summed E-state index contributed by atoms with van der Waals surface area (Å²) in [4.78, 5) is 22.8. The van der Waals surface area contributed by atoms with Crippen LogP contribution in [0.5, 0.6) is 17.2 Å². The van der Waals surface area contributed by atoms with E-state index in [0.717, 1.165) is 6.07 Å². The lowest BCUT2D eigenvalue weighted by molar-refractivity contribution is -0.385. The Morgan fingerprint density at radius 3 is 2.25 bits per heavy atom. The Morgan fingerprint density at radius 2 is 1.67 bits per heavy atom. The summed E-state index contributed by atoms with van der Waals surface area (Å²) in [5.74, 6) is 0.529. The van der Waals surface area contributed by atoms with Gasteiger partial charge in [-0.2, -0.15) is 0 Å². The van der Waals surface area contributed by atoms with Crippen molar-refractivity contribution in [3.8, 4) is 17.2 Å². The van der Waals surface area contributed by atoms with Gasteiger partial charge in [0.1, 0.15) is 11.5 Å². The molecular formula is C16H16N2O6. The van der Waals surface area contributed by atoms with Crippen LogP contribution in [-0.2, 0) is 0 Å². The molecule has 0 aliphatic carbocycles. The number of nitro benzene ring substituents is 1. The summed E-state index contributed by atoms with van der Waals surface area (Å²) in [6.07, 6.45) is 0. The fourth-order valence-corrected chi connectivity index (χ4v) is 2.08. The summed E-state index contributed by atoms with van der Waals surface area (Å²) >= 11 is 0. The Labute approximate surface area is 138 Å². The molecule has 8 heteroatoms. The second-order valence-electron chi connectivity index (χ2n) is 4.66. The molecule has 2 rings (SSSR count). The van der Waals surface area contributed by atoms with Gasteiger partial charge in [0.25, 0.3) is 5.91 Å². The normalized spacial score (nSPS) is 9.96. The van der Waals surface area contributed by atoms with Gasteiger partial charge >= 0.3 is 5.69 Å². The molecule has 1 amide bonds. The minimum atomic E-state index is -0.609. The SMILES string of the molecule is COc1ccc(OC)c(NC(=O)c2ccc(OC)c([N+](=O)[O-])c2)c1. The highest BCUT2D eigenvalue weighted by molar-refractivity contribution is 6.05.